The van der Waals surface area contributed by atoms with Crippen LogP contribution in [0.15, 0.2) is 18.2 Å². The van der Waals surface area contributed by atoms with E-state index in [4.69, 9.17) is 10.8 Å². The lowest BCUT2D eigenvalue weighted by atomic mass is 10.0. The van der Waals surface area contributed by atoms with Crippen LogP contribution in [0.2, 0.25) is 0 Å². The Labute approximate surface area is 97.1 Å². The van der Waals surface area contributed by atoms with Crippen molar-refractivity contribution in [2.45, 2.75) is 5.92 Å². The van der Waals surface area contributed by atoms with Gasteiger partial charge in [-0.1, -0.05) is 6.07 Å². The zero-order valence-electron chi connectivity index (χ0n) is 9.05. The number of carboxylic acids is 1. The van der Waals surface area contributed by atoms with E-state index in [0.717, 1.165) is 18.9 Å². The number of carbonyl (C=O) groups is 1. The molecule has 0 spiro atoms. The van der Waals surface area contributed by atoms with Crippen molar-refractivity contribution in [3.05, 3.63) is 29.7 Å². The summed E-state index contributed by atoms with van der Waals surface area (Å²) in [5.41, 5.74) is 6.52. The zero-order chi connectivity index (χ0) is 12.0. The van der Waals surface area contributed by atoms with E-state index in [0.29, 0.717) is 11.3 Å². The van der Waals surface area contributed by atoms with Gasteiger partial charge in [0.1, 0.15) is 11.6 Å². The van der Waals surface area contributed by atoms with Crippen LogP contribution in [0.3, 0.4) is 0 Å². The summed E-state index contributed by atoms with van der Waals surface area (Å²) in [7, 11) is 0. The molecule has 0 aromatic carbocycles. The molecule has 6 nitrogen and oxygen atoms in total. The number of aromatic nitrogens is 2. The van der Waals surface area contributed by atoms with E-state index in [2.05, 4.69) is 10.3 Å². The molecule has 0 saturated carbocycles. The molecule has 0 unspecified atom stereocenters. The molecule has 1 saturated heterocycles. The quantitative estimate of drug-likeness (QED) is 0.692. The Morgan fingerprint density at radius 3 is 2.88 bits per heavy atom. The summed E-state index contributed by atoms with van der Waals surface area (Å²) in [6.45, 7) is 1.62. The van der Waals surface area contributed by atoms with Crippen LogP contribution in [0.5, 0.6) is 0 Å². The zero-order valence-corrected chi connectivity index (χ0v) is 9.05. The Kier molecular flexibility index (Phi) is 2.05. The molecule has 0 amide bonds. The Bertz CT molecular complexity index is 601. The van der Waals surface area contributed by atoms with Crippen LogP contribution in [0, 0.1) is 0 Å². The first kappa shape index (κ1) is 10.1. The molecule has 1 aliphatic heterocycles. The molecular weight excluding hydrogens is 220 g/mol. The number of aromatic carboxylic acids is 1. The summed E-state index contributed by atoms with van der Waals surface area (Å²) in [6, 6.07) is 5.21. The van der Waals surface area contributed by atoms with Crippen LogP contribution < -0.4 is 11.1 Å². The van der Waals surface area contributed by atoms with Crippen LogP contribution in [0.4, 0.5) is 5.82 Å². The largest absolute Gasteiger partial charge is 0.476 e. The van der Waals surface area contributed by atoms with Crippen molar-refractivity contribution in [3.8, 4) is 0 Å². The van der Waals surface area contributed by atoms with Gasteiger partial charge in [-0.15, -0.1) is 0 Å². The number of pyridine rings is 1. The molecule has 2 aromatic rings. The molecule has 4 N–H and O–H groups in total. The molecule has 0 bridgehead atoms. The summed E-state index contributed by atoms with van der Waals surface area (Å²) in [6.07, 6.45) is 0. The third-order valence-electron chi connectivity index (χ3n) is 3.07. The van der Waals surface area contributed by atoms with Gasteiger partial charge in [0.2, 0.25) is 0 Å². The van der Waals surface area contributed by atoms with E-state index in [9.17, 15) is 4.79 Å². The van der Waals surface area contributed by atoms with Gasteiger partial charge in [0.05, 0.1) is 5.52 Å². The highest BCUT2D eigenvalue weighted by molar-refractivity contribution is 5.94. The molecule has 88 valence electrons. The lowest BCUT2D eigenvalue weighted by Crippen LogP contribution is -2.41. The van der Waals surface area contributed by atoms with E-state index < -0.39 is 5.97 Å². The molecular formula is C11H12N4O2. The van der Waals surface area contributed by atoms with E-state index in [-0.39, 0.29) is 11.6 Å². The Balaban J connectivity index is 2.30. The molecule has 0 aliphatic carbocycles. The highest BCUT2D eigenvalue weighted by Crippen LogP contribution is 2.25. The van der Waals surface area contributed by atoms with Crippen LogP contribution >= 0.6 is 0 Å². The van der Waals surface area contributed by atoms with Gasteiger partial charge in [-0.05, 0) is 12.1 Å². The van der Waals surface area contributed by atoms with Gasteiger partial charge >= 0.3 is 5.97 Å². The number of hydrogen-bond acceptors (Lipinski definition) is 4. The van der Waals surface area contributed by atoms with Crippen molar-refractivity contribution in [3.63, 3.8) is 0 Å². The fraction of sp³-hybridized carbons (Fsp3) is 0.273. The number of nitrogens with one attached hydrogen (secondary N) is 1. The maximum atomic E-state index is 11.1. The topological polar surface area (TPSA) is 92.7 Å². The summed E-state index contributed by atoms with van der Waals surface area (Å²) in [4.78, 5) is 15.4. The number of carboxylic acid groups (broad SMARTS) is 1. The van der Waals surface area contributed by atoms with E-state index in [1.165, 1.54) is 0 Å². The maximum Gasteiger partial charge on any atom is 0.356 e. The number of fused-ring (bicyclic) bond motifs is 1. The van der Waals surface area contributed by atoms with Gasteiger partial charge in [-0.3, -0.25) is 4.40 Å². The minimum absolute atomic E-state index is 0.0687. The molecule has 1 aliphatic rings. The third kappa shape index (κ3) is 1.38. The van der Waals surface area contributed by atoms with Gasteiger partial charge in [-0.25, -0.2) is 9.78 Å². The van der Waals surface area contributed by atoms with Crippen molar-refractivity contribution in [2.75, 3.05) is 18.8 Å². The Hall–Kier alpha value is -2.08. The van der Waals surface area contributed by atoms with Gasteiger partial charge in [0.15, 0.2) is 5.69 Å². The van der Waals surface area contributed by atoms with Crippen LogP contribution in [0.25, 0.3) is 5.52 Å². The average Bonchev–Trinajstić information content (AvgIpc) is 2.56. The van der Waals surface area contributed by atoms with Gasteiger partial charge in [0.25, 0.3) is 0 Å². The standard InChI is InChI=1S/C11H12N4O2/c12-8-3-1-2-7-9(11(16)17)14-10(15(7)8)6-4-13-5-6/h1-3,6,13H,4-5,12H2,(H,16,17). The summed E-state index contributed by atoms with van der Waals surface area (Å²) >= 11 is 0. The SMILES string of the molecule is Nc1cccc2c(C(=O)O)nc(C3CNC3)n12. The predicted molar refractivity (Wildman–Crippen MR) is 62.2 cm³/mol. The first-order valence-corrected chi connectivity index (χ1v) is 5.39. The van der Waals surface area contributed by atoms with Crippen molar-refractivity contribution >= 4 is 17.3 Å². The van der Waals surface area contributed by atoms with Crippen LogP contribution in [0.1, 0.15) is 22.2 Å². The van der Waals surface area contributed by atoms with Crippen LogP contribution in [-0.2, 0) is 0 Å². The molecule has 1 fully saturated rings. The number of hydrogen-bond donors (Lipinski definition) is 3. The molecule has 3 heterocycles. The Morgan fingerprint density at radius 2 is 2.29 bits per heavy atom. The van der Waals surface area contributed by atoms with Gasteiger partial charge in [-0.2, -0.15) is 0 Å². The second-order valence-corrected chi connectivity index (χ2v) is 4.15. The van der Waals surface area contributed by atoms with Crippen molar-refractivity contribution < 1.29 is 9.90 Å². The first-order chi connectivity index (χ1) is 8.18. The van der Waals surface area contributed by atoms with E-state index >= 15 is 0 Å². The van der Waals surface area contributed by atoms with Crippen molar-refractivity contribution in [2.24, 2.45) is 0 Å². The number of rotatable bonds is 2. The second kappa shape index (κ2) is 3.46. The van der Waals surface area contributed by atoms with Crippen LogP contribution in [-0.4, -0.2) is 33.6 Å². The van der Waals surface area contributed by atoms with E-state index in [1.54, 1.807) is 22.6 Å². The number of nitrogen functional groups attached to an aromatic ring is 1. The summed E-state index contributed by atoms with van der Waals surface area (Å²) < 4.78 is 1.73. The fourth-order valence-electron chi connectivity index (χ4n) is 2.09. The van der Waals surface area contributed by atoms with Crippen molar-refractivity contribution in [1.29, 1.82) is 0 Å². The predicted octanol–water partition coefficient (Wildman–Crippen LogP) is 0.301. The summed E-state index contributed by atoms with van der Waals surface area (Å²) in [5, 5.41) is 12.3. The summed E-state index contributed by atoms with van der Waals surface area (Å²) in [5.74, 6) is 0.464. The lowest BCUT2D eigenvalue weighted by Gasteiger charge is -2.26. The highest BCUT2D eigenvalue weighted by Gasteiger charge is 2.27. The first-order valence-electron chi connectivity index (χ1n) is 5.39. The molecule has 6 heteroatoms. The minimum atomic E-state index is -1.02. The number of anilines is 1. The Morgan fingerprint density at radius 1 is 1.53 bits per heavy atom. The smallest absolute Gasteiger partial charge is 0.356 e. The highest BCUT2D eigenvalue weighted by atomic mass is 16.4. The van der Waals surface area contributed by atoms with E-state index in [1.807, 2.05) is 0 Å². The maximum absolute atomic E-state index is 11.1. The van der Waals surface area contributed by atoms with Gasteiger partial charge < -0.3 is 16.2 Å². The fourth-order valence-corrected chi connectivity index (χ4v) is 2.09. The third-order valence-corrected chi connectivity index (χ3v) is 3.07. The molecule has 3 rings (SSSR count). The lowest BCUT2D eigenvalue weighted by molar-refractivity contribution is 0.0693. The van der Waals surface area contributed by atoms with Gasteiger partial charge in [0, 0.05) is 19.0 Å². The average molecular weight is 232 g/mol. The second-order valence-electron chi connectivity index (χ2n) is 4.15. The normalized spacial score (nSPS) is 16.0. The number of nitrogens with two attached hydrogens (primary N) is 1. The molecule has 17 heavy (non-hydrogen) atoms. The molecule has 2 aromatic heterocycles. The van der Waals surface area contributed by atoms with Crippen molar-refractivity contribution in [1.82, 2.24) is 14.7 Å². The molecule has 0 radical (unpaired) electrons. The number of imidazole rings is 1. The molecule has 0 atom stereocenters. The monoisotopic (exact) mass is 232 g/mol. The number of nitrogens with zero attached hydrogens (tertiary/aromatic N) is 2. The minimum Gasteiger partial charge on any atom is -0.476 e.